The third-order valence-corrected chi connectivity index (χ3v) is 4.61. The van der Waals surface area contributed by atoms with Gasteiger partial charge in [0.05, 0.1) is 10.0 Å². The molecule has 1 aromatic heterocycles. The van der Waals surface area contributed by atoms with Crippen molar-refractivity contribution >= 4 is 40.9 Å². The largest absolute Gasteiger partial charge is 0.457 e. The fraction of sp³-hybridized carbons (Fsp3) is 0.0476. The number of carbonyl (C=O) groups excluding carboxylic acids is 1. The smallest absolute Gasteiger partial charge is 0.266 e. The van der Waals surface area contributed by atoms with Gasteiger partial charge in [-0.25, -0.2) is 0 Å². The summed E-state index contributed by atoms with van der Waals surface area (Å²) in [5.74, 6) is 0.434. The van der Waals surface area contributed by atoms with Crippen molar-refractivity contribution in [1.29, 1.82) is 5.26 Å². The lowest BCUT2D eigenvalue weighted by molar-refractivity contribution is -0.112. The Labute approximate surface area is 166 Å². The Kier molecular flexibility index (Phi) is 5.66. The van der Waals surface area contributed by atoms with Gasteiger partial charge < -0.3 is 9.73 Å². The number of nitrogens with one attached hydrogen (secondary N) is 1. The Morgan fingerprint density at radius 2 is 1.89 bits per heavy atom. The van der Waals surface area contributed by atoms with Gasteiger partial charge in [-0.2, -0.15) is 5.26 Å². The summed E-state index contributed by atoms with van der Waals surface area (Å²) in [5, 5.41) is 12.9. The van der Waals surface area contributed by atoms with E-state index in [0.717, 1.165) is 11.1 Å². The Morgan fingerprint density at radius 3 is 2.59 bits per heavy atom. The molecule has 0 aliphatic heterocycles. The number of aryl methyl sites for hydroxylation is 1. The third-order valence-electron chi connectivity index (χ3n) is 3.88. The van der Waals surface area contributed by atoms with Crippen molar-refractivity contribution in [2.75, 3.05) is 5.32 Å². The van der Waals surface area contributed by atoms with Crippen molar-refractivity contribution in [3.05, 3.63) is 81.5 Å². The Balaban J connectivity index is 1.83. The summed E-state index contributed by atoms with van der Waals surface area (Å²) < 4.78 is 5.71. The summed E-state index contributed by atoms with van der Waals surface area (Å²) in [6.45, 7) is 1.88. The second kappa shape index (κ2) is 8.13. The van der Waals surface area contributed by atoms with Gasteiger partial charge in [0, 0.05) is 17.3 Å². The van der Waals surface area contributed by atoms with Crippen LogP contribution in [0.4, 0.5) is 5.69 Å². The predicted octanol–water partition coefficient (Wildman–Crippen LogP) is 6.11. The highest BCUT2D eigenvalue weighted by atomic mass is 35.5. The zero-order chi connectivity index (χ0) is 19.4. The number of anilines is 1. The SMILES string of the molecule is Cc1ccccc1NC(=O)C(C#N)=Cc1ccc(-c2ccc(Cl)c(Cl)c2)o1. The number of nitrogens with zero attached hydrogens (tertiary/aromatic N) is 1. The van der Waals surface area contributed by atoms with E-state index in [1.165, 1.54) is 6.08 Å². The highest BCUT2D eigenvalue weighted by Crippen LogP contribution is 2.30. The van der Waals surface area contributed by atoms with Crippen molar-refractivity contribution in [3.63, 3.8) is 0 Å². The molecule has 0 atom stereocenters. The summed E-state index contributed by atoms with van der Waals surface area (Å²) in [5.41, 5.74) is 2.24. The van der Waals surface area contributed by atoms with Crippen LogP contribution in [0.3, 0.4) is 0 Å². The molecular formula is C21H14Cl2N2O2. The molecule has 3 aromatic rings. The molecular weight excluding hydrogens is 383 g/mol. The molecule has 134 valence electrons. The third kappa shape index (κ3) is 4.40. The van der Waals surface area contributed by atoms with Gasteiger partial charge in [-0.3, -0.25) is 4.79 Å². The molecule has 3 rings (SSSR count). The summed E-state index contributed by atoms with van der Waals surface area (Å²) in [7, 11) is 0. The maximum absolute atomic E-state index is 12.4. The summed E-state index contributed by atoms with van der Waals surface area (Å²) >= 11 is 11.9. The van der Waals surface area contributed by atoms with Crippen LogP contribution in [0.25, 0.3) is 17.4 Å². The summed E-state index contributed by atoms with van der Waals surface area (Å²) in [4.78, 5) is 12.4. The standard InChI is InChI=1S/C21H14Cl2N2O2/c1-13-4-2-3-5-19(13)25-21(26)15(12-24)10-16-7-9-20(27-16)14-6-8-17(22)18(23)11-14/h2-11H,1H3,(H,25,26). The number of rotatable bonds is 4. The van der Waals surface area contributed by atoms with Crippen molar-refractivity contribution in [3.8, 4) is 17.4 Å². The van der Waals surface area contributed by atoms with Crippen LogP contribution in [0, 0.1) is 18.3 Å². The minimum absolute atomic E-state index is 0.0618. The average molecular weight is 397 g/mol. The quantitative estimate of drug-likeness (QED) is 0.427. The topological polar surface area (TPSA) is 66.0 Å². The number of hydrogen-bond acceptors (Lipinski definition) is 3. The maximum atomic E-state index is 12.4. The Hall–Kier alpha value is -3.00. The fourth-order valence-electron chi connectivity index (χ4n) is 2.43. The molecule has 0 bridgehead atoms. The Morgan fingerprint density at radius 1 is 1.11 bits per heavy atom. The van der Waals surface area contributed by atoms with Crippen molar-refractivity contribution in [2.24, 2.45) is 0 Å². The van der Waals surface area contributed by atoms with E-state index in [2.05, 4.69) is 5.32 Å². The lowest BCUT2D eigenvalue weighted by Gasteiger charge is -2.06. The number of benzene rings is 2. The van der Waals surface area contributed by atoms with E-state index in [-0.39, 0.29) is 5.57 Å². The molecule has 0 unspecified atom stereocenters. The van der Waals surface area contributed by atoms with E-state index in [9.17, 15) is 10.1 Å². The lowest BCUT2D eigenvalue weighted by atomic mass is 10.1. The number of halogens is 2. The van der Waals surface area contributed by atoms with Gasteiger partial charge in [0.1, 0.15) is 23.2 Å². The number of nitriles is 1. The van der Waals surface area contributed by atoms with Gasteiger partial charge in [0.15, 0.2) is 0 Å². The minimum atomic E-state index is -0.501. The number of carbonyl (C=O) groups is 1. The first-order valence-corrected chi connectivity index (χ1v) is 8.77. The molecule has 0 saturated carbocycles. The van der Waals surface area contributed by atoms with Crippen LogP contribution in [-0.4, -0.2) is 5.91 Å². The van der Waals surface area contributed by atoms with E-state index in [1.54, 1.807) is 36.4 Å². The van der Waals surface area contributed by atoms with Crippen molar-refractivity contribution in [1.82, 2.24) is 0 Å². The van der Waals surface area contributed by atoms with Gasteiger partial charge in [0.2, 0.25) is 0 Å². The molecule has 0 aliphatic carbocycles. The molecule has 0 radical (unpaired) electrons. The average Bonchev–Trinajstić information content (AvgIpc) is 3.12. The Bertz CT molecular complexity index is 1080. The van der Waals surface area contributed by atoms with Gasteiger partial charge in [-0.15, -0.1) is 0 Å². The zero-order valence-corrected chi connectivity index (χ0v) is 15.8. The second-order valence-electron chi connectivity index (χ2n) is 5.77. The first-order valence-electron chi connectivity index (χ1n) is 8.02. The number of amides is 1. The van der Waals surface area contributed by atoms with E-state index >= 15 is 0 Å². The van der Waals surface area contributed by atoms with Crippen LogP contribution in [0.2, 0.25) is 10.0 Å². The van der Waals surface area contributed by atoms with Crippen LogP contribution in [-0.2, 0) is 4.79 Å². The molecule has 2 aromatic carbocycles. The van der Waals surface area contributed by atoms with E-state index in [1.807, 2.05) is 31.2 Å². The number of para-hydroxylation sites is 1. The molecule has 1 amide bonds. The van der Waals surface area contributed by atoms with Gasteiger partial charge in [-0.1, -0.05) is 41.4 Å². The van der Waals surface area contributed by atoms with Crippen molar-refractivity contribution < 1.29 is 9.21 Å². The van der Waals surface area contributed by atoms with Crippen molar-refractivity contribution in [2.45, 2.75) is 6.92 Å². The first-order chi connectivity index (χ1) is 13.0. The molecule has 6 heteroatoms. The lowest BCUT2D eigenvalue weighted by Crippen LogP contribution is -2.14. The normalized spacial score (nSPS) is 11.1. The molecule has 0 fully saturated rings. The van der Waals surface area contributed by atoms with E-state index in [0.29, 0.717) is 27.3 Å². The molecule has 0 spiro atoms. The van der Waals surface area contributed by atoms with Crippen LogP contribution < -0.4 is 5.32 Å². The van der Waals surface area contributed by atoms with Crippen LogP contribution in [0.5, 0.6) is 0 Å². The van der Waals surface area contributed by atoms with Crippen LogP contribution in [0.1, 0.15) is 11.3 Å². The van der Waals surface area contributed by atoms with E-state index < -0.39 is 5.91 Å². The van der Waals surface area contributed by atoms with Gasteiger partial charge in [0.25, 0.3) is 5.91 Å². The monoisotopic (exact) mass is 396 g/mol. The molecule has 4 nitrogen and oxygen atoms in total. The highest BCUT2D eigenvalue weighted by Gasteiger charge is 2.12. The number of hydrogen-bond donors (Lipinski definition) is 1. The second-order valence-corrected chi connectivity index (χ2v) is 6.58. The number of furan rings is 1. The molecule has 0 aliphatic rings. The molecule has 0 saturated heterocycles. The summed E-state index contributed by atoms with van der Waals surface area (Å²) in [6.07, 6.45) is 1.40. The zero-order valence-electron chi connectivity index (χ0n) is 14.3. The molecule has 27 heavy (non-hydrogen) atoms. The molecule has 1 N–H and O–H groups in total. The first kappa shape index (κ1) is 18.8. The molecule has 1 heterocycles. The van der Waals surface area contributed by atoms with Gasteiger partial charge >= 0.3 is 0 Å². The highest BCUT2D eigenvalue weighted by molar-refractivity contribution is 6.42. The van der Waals surface area contributed by atoms with Crippen LogP contribution >= 0.6 is 23.2 Å². The fourth-order valence-corrected chi connectivity index (χ4v) is 2.73. The van der Waals surface area contributed by atoms with Gasteiger partial charge in [-0.05, 0) is 48.9 Å². The van der Waals surface area contributed by atoms with Crippen LogP contribution in [0.15, 0.2) is 64.6 Å². The summed E-state index contributed by atoms with van der Waals surface area (Å²) in [6, 6.07) is 17.8. The predicted molar refractivity (Wildman–Crippen MR) is 108 cm³/mol. The maximum Gasteiger partial charge on any atom is 0.266 e. The minimum Gasteiger partial charge on any atom is -0.457 e. The van der Waals surface area contributed by atoms with E-state index in [4.69, 9.17) is 27.6 Å².